The molecular formula is C5H15N2+. The summed E-state index contributed by atoms with van der Waals surface area (Å²) < 4.78 is 0. The van der Waals surface area contributed by atoms with E-state index < -0.39 is 0 Å². The highest BCUT2D eigenvalue weighted by Gasteiger charge is 2.01. The van der Waals surface area contributed by atoms with E-state index in [4.69, 9.17) is 0 Å². The van der Waals surface area contributed by atoms with Crippen LogP contribution in [-0.4, -0.2) is 25.2 Å². The fourth-order valence-electron chi connectivity index (χ4n) is 0.365. The quantitative estimate of drug-likeness (QED) is 0.470. The first-order chi connectivity index (χ1) is 3.18. The third-order valence-corrected chi connectivity index (χ3v) is 1.20. The van der Waals surface area contributed by atoms with Gasteiger partial charge in [0.1, 0.15) is 6.17 Å². The van der Waals surface area contributed by atoms with Gasteiger partial charge in [0.25, 0.3) is 0 Å². The Labute approximate surface area is 45.3 Å². The molecule has 0 radical (unpaired) electrons. The number of hydrogen-bond acceptors (Lipinski definition) is 1. The van der Waals surface area contributed by atoms with Crippen LogP contribution in [0.1, 0.15) is 13.3 Å². The first-order valence-corrected chi connectivity index (χ1v) is 2.68. The monoisotopic (exact) mass is 103 g/mol. The summed E-state index contributed by atoms with van der Waals surface area (Å²) in [6.45, 7) is 2.14. The van der Waals surface area contributed by atoms with Crippen LogP contribution in [0, 0.1) is 0 Å². The maximum atomic E-state index is 3.88. The van der Waals surface area contributed by atoms with Crippen molar-refractivity contribution in [3.05, 3.63) is 0 Å². The third kappa shape index (κ3) is 2.60. The molecule has 1 unspecified atom stereocenters. The van der Waals surface area contributed by atoms with Gasteiger partial charge in [-0.1, -0.05) is 6.92 Å². The van der Waals surface area contributed by atoms with Crippen molar-refractivity contribution in [3.63, 3.8) is 0 Å². The molecule has 0 aliphatic rings. The van der Waals surface area contributed by atoms with Crippen LogP contribution in [0.15, 0.2) is 0 Å². The lowest BCUT2D eigenvalue weighted by Gasteiger charge is -2.12. The molecule has 0 saturated carbocycles. The average Bonchev–Trinajstić information content (AvgIpc) is 1.65. The first-order valence-electron chi connectivity index (χ1n) is 2.68. The van der Waals surface area contributed by atoms with E-state index in [1.54, 1.807) is 0 Å². The van der Waals surface area contributed by atoms with Gasteiger partial charge in [-0.15, -0.1) is 0 Å². The predicted molar refractivity (Wildman–Crippen MR) is 30.7 cm³/mol. The summed E-state index contributed by atoms with van der Waals surface area (Å²) in [5.41, 5.74) is 3.88. The molecule has 3 N–H and O–H groups in total. The second-order valence-electron chi connectivity index (χ2n) is 2.03. The summed E-state index contributed by atoms with van der Waals surface area (Å²) >= 11 is 0. The lowest BCUT2D eigenvalue weighted by atomic mass is 10.4. The zero-order valence-corrected chi connectivity index (χ0v) is 5.44. The Bertz CT molecular complexity index is 43.3. The highest BCUT2D eigenvalue weighted by Crippen LogP contribution is 1.83. The molecule has 0 heterocycles. The molecule has 0 aromatic rings. The summed E-state index contributed by atoms with van der Waals surface area (Å²) in [6.07, 6.45) is 1.62. The van der Waals surface area contributed by atoms with Gasteiger partial charge in [0.05, 0.1) is 0 Å². The largest absolute Gasteiger partial charge is 0.343 e. The molecule has 44 valence electrons. The van der Waals surface area contributed by atoms with Gasteiger partial charge >= 0.3 is 0 Å². The van der Waals surface area contributed by atoms with Gasteiger partial charge in [-0.3, -0.25) is 4.90 Å². The van der Waals surface area contributed by atoms with Gasteiger partial charge in [-0.25, -0.2) is 0 Å². The molecule has 1 atom stereocenters. The summed E-state index contributed by atoms with van der Waals surface area (Å²) in [6, 6.07) is 0. The molecule has 0 amide bonds. The van der Waals surface area contributed by atoms with Crippen LogP contribution < -0.4 is 5.73 Å². The summed E-state index contributed by atoms with van der Waals surface area (Å²) in [4.78, 5) is 2.11. The Morgan fingerprint density at radius 1 is 1.57 bits per heavy atom. The Kier molecular flexibility index (Phi) is 2.96. The number of nitrogens with zero attached hydrogens (tertiary/aromatic N) is 1. The Balaban J connectivity index is 3.14. The molecule has 2 heteroatoms. The molecule has 0 bridgehead atoms. The standard InChI is InChI=1S/C5H14N2/c1-4-5(6)7(2)3/h5H,4,6H2,1-3H3/p+1. The number of hydrogen-bond donors (Lipinski definition) is 1. The number of quaternary nitrogens is 1. The van der Waals surface area contributed by atoms with Gasteiger partial charge in [-0.05, 0) is 14.1 Å². The molecule has 0 fully saturated rings. The van der Waals surface area contributed by atoms with Crippen LogP contribution in [0.5, 0.6) is 0 Å². The zero-order chi connectivity index (χ0) is 5.86. The maximum absolute atomic E-state index is 3.88. The Hall–Kier alpha value is -0.0800. The first kappa shape index (κ1) is 6.92. The summed E-state index contributed by atoms with van der Waals surface area (Å²) in [7, 11) is 4.09. The van der Waals surface area contributed by atoms with Crippen LogP contribution in [0.4, 0.5) is 0 Å². The molecule has 0 spiro atoms. The SMILES string of the molecule is CCC([NH3+])N(C)C. The lowest BCUT2D eigenvalue weighted by Crippen LogP contribution is -2.66. The van der Waals surface area contributed by atoms with Crippen LogP contribution >= 0.6 is 0 Å². The molecule has 0 aromatic carbocycles. The van der Waals surface area contributed by atoms with E-state index in [-0.39, 0.29) is 0 Å². The minimum absolute atomic E-state index is 0.486. The van der Waals surface area contributed by atoms with Crippen molar-refractivity contribution in [2.24, 2.45) is 0 Å². The molecule has 0 aromatic heterocycles. The Morgan fingerprint density at radius 2 is 2.00 bits per heavy atom. The van der Waals surface area contributed by atoms with Crippen molar-refractivity contribution in [2.75, 3.05) is 14.1 Å². The smallest absolute Gasteiger partial charge is 0.139 e. The van der Waals surface area contributed by atoms with Crippen molar-refractivity contribution in [3.8, 4) is 0 Å². The van der Waals surface area contributed by atoms with Gasteiger partial charge in [-0.2, -0.15) is 0 Å². The van der Waals surface area contributed by atoms with Gasteiger partial charge in [0.15, 0.2) is 0 Å². The van der Waals surface area contributed by atoms with Gasteiger partial charge in [0.2, 0.25) is 0 Å². The predicted octanol–water partition coefficient (Wildman–Crippen LogP) is -0.474. The minimum atomic E-state index is 0.486. The summed E-state index contributed by atoms with van der Waals surface area (Å²) in [5.74, 6) is 0. The molecule has 0 aliphatic heterocycles. The van der Waals surface area contributed by atoms with E-state index in [2.05, 4.69) is 17.6 Å². The summed E-state index contributed by atoms with van der Waals surface area (Å²) in [5, 5.41) is 0. The third-order valence-electron chi connectivity index (χ3n) is 1.20. The minimum Gasteiger partial charge on any atom is -0.343 e. The van der Waals surface area contributed by atoms with E-state index in [9.17, 15) is 0 Å². The molecular weight excluding hydrogens is 88.1 g/mol. The van der Waals surface area contributed by atoms with Crippen molar-refractivity contribution in [2.45, 2.75) is 19.5 Å². The van der Waals surface area contributed by atoms with Crippen LogP contribution in [0.25, 0.3) is 0 Å². The van der Waals surface area contributed by atoms with Crippen LogP contribution in [0.2, 0.25) is 0 Å². The second-order valence-corrected chi connectivity index (χ2v) is 2.03. The average molecular weight is 103 g/mol. The van der Waals surface area contributed by atoms with Crippen LogP contribution in [0.3, 0.4) is 0 Å². The van der Waals surface area contributed by atoms with E-state index in [0.29, 0.717) is 6.17 Å². The lowest BCUT2D eigenvalue weighted by molar-refractivity contribution is -0.453. The molecule has 7 heavy (non-hydrogen) atoms. The van der Waals surface area contributed by atoms with E-state index in [1.807, 2.05) is 14.1 Å². The van der Waals surface area contributed by atoms with Crippen molar-refractivity contribution >= 4 is 0 Å². The fourth-order valence-corrected chi connectivity index (χ4v) is 0.365. The zero-order valence-electron chi connectivity index (χ0n) is 5.44. The number of rotatable bonds is 2. The van der Waals surface area contributed by atoms with E-state index in [1.165, 1.54) is 0 Å². The normalized spacial score (nSPS) is 15.0. The molecule has 0 rings (SSSR count). The van der Waals surface area contributed by atoms with Crippen molar-refractivity contribution in [1.82, 2.24) is 4.90 Å². The highest BCUT2D eigenvalue weighted by atomic mass is 15.2. The van der Waals surface area contributed by atoms with E-state index in [0.717, 1.165) is 6.42 Å². The van der Waals surface area contributed by atoms with Gasteiger partial charge in [0, 0.05) is 6.42 Å². The molecule has 0 saturated heterocycles. The van der Waals surface area contributed by atoms with Crippen LogP contribution in [-0.2, 0) is 0 Å². The molecule has 2 nitrogen and oxygen atoms in total. The topological polar surface area (TPSA) is 30.9 Å². The van der Waals surface area contributed by atoms with Crippen molar-refractivity contribution < 1.29 is 5.73 Å². The fraction of sp³-hybridized carbons (Fsp3) is 1.00. The van der Waals surface area contributed by atoms with Crippen molar-refractivity contribution in [1.29, 1.82) is 0 Å². The van der Waals surface area contributed by atoms with E-state index >= 15 is 0 Å². The Morgan fingerprint density at radius 3 is 2.00 bits per heavy atom. The second kappa shape index (κ2) is 2.99. The van der Waals surface area contributed by atoms with Gasteiger partial charge < -0.3 is 5.73 Å². The highest BCUT2D eigenvalue weighted by molar-refractivity contribution is 4.41. The molecule has 0 aliphatic carbocycles. The maximum Gasteiger partial charge on any atom is 0.139 e.